The molecule has 1 aliphatic rings. The summed E-state index contributed by atoms with van der Waals surface area (Å²) in [6.07, 6.45) is 2.59. The third-order valence-electron chi connectivity index (χ3n) is 6.48. The van der Waals surface area contributed by atoms with E-state index in [2.05, 4.69) is 95.9 Å². The summed E-state index contributed by atoms with van der Waals surface area (Å²) in [4.78, 5) is 0. The van der Waals surface area contributed by atoms with Crippen LogP contribution in [-0.2, 0) is 13.7 Å². The van der Waals surface area contributed by atoms with Crippen molar-refractivity contribution in [3.8, 4) is 0 Å². The van der Waals surface area contributed by atoms with Gasteiger partial charge in [-0.2, -0.15) is 0 Å². The summed E-state index contributed by atoms with van der Waals surface area (Å²) in [5, 5.41) is 1.28. The molecule has 5 heteroatoms. The molecule has 0 aliphatic carbocycles. The highest BCUT2D eigenvalue weighted by atomic mass is 28.4. The van der Waals surface area contributed by atoms with Gasteiger partial charge >= 0.3 is 7.12 Å². The summed E-state index contributed by atoms with van der Waals surface area (Å²) in [5.74, 6) is 0.0672. The zero-order valence-corrected chi connectivity index (χ0v) is 20.2. The summed E-state index contributed by atoms with van der Waals surface area (Å²) in [5.41, 5.74) is 0.477. The molecule has 1 aliphatic heterocycles. The topological polar surface area (TPSA) is 27.7 Å². The minimum atomic E-state index is -2.15. The van der Waals surface area contributed by atoms with Gasteiger partial charge in [-0.25, -0.2) is 0 Å². The molecule has 3 rings (SSSR count). The van der Waals surface area contributed by atoms with Gasteiger partial charge in [-0.1, -0.05) is 66.7 Å². The van der Waals surface area contributed by atoms with Crippen molar-refractivity contribution < 1.29 is 13.7 Å². The van der Waals surface area contributed by atoms with Crippen molar-refractivity contribution in [2.75, 3.05) is 0 Å². The van der Waals surface area contributed by atoms with Crippen molar-refractivity contribution in [2.24, 2.45) is 5.92 Å². The minimum Gasteiger partial charge on any atom is -0.405 e. The third-order valence-corrected chi connectivity index (χ3v) is 9.04. The quantitative estimate of drug-likeness (QED) is 0.400. The molecule has 0 radical (unpaired) electrons. The normalized spacial score (nSPS) is 20.0. The van der Waals surface area contributed by atoms with Gasteiger partial charge in [0.1, 0.15) is 0 Å². The fraction of sp³-hybridized carbons (Fsp3) is 0.440. The van der Waals surface area contributed by atoms with Crippen molar-refractivity contribution in [1.29, 1.82) is 0 Å². The van der Waals surface area contributed by atoms with E-state index in [1.807, 2.05) is 18.2 Å². The van der Waals surface area contributed by atoms with Crippen molar-refractivity contribution >= 4 is 20.6 Å². The van der Waals surface area contributed by atoms with E-state index in [-0.39, 0.29) is 30.3 Å². The van der Waals surface area contributed by atoms with E-state index in [9.17, 15) is 0 Å². The SMILES string of the molecule is C=C[C@@H](CB1OC(C)(C)C(C)(C)O1)[C@H](O[Si](C)(C)c1ccccc1)c1ccccc1. The molecule has 0 bridgehead atoms. The van der Waals surface area contributed by atoms with E-state index in [1.165, 1.54) is 5.19 Å². The number of benzene rings is 2. The van der Waals surface area contributed by atoms with E-state index in [4.69, 9.17) is 13.7 Å². The Kier molecular flexibility index (Phi) is 6.78. The zero-order valence-electron chi connectivity index (χ0n) is 19.2. The Balaban J connectivity index is 1.87. The van der Waals surface area contributed by atoms with Gasteiger partial charge in [-0.05, 0) is 57.9 Å². The molecule has 0 amide bonds. The average molecular weight is 422 g/mol. The van der Waals surface area contributed by atoms with Crippen molar-refractivity contribution in [1.82, 2.24) is 0 Å². The lowest BCUT2D eigenvalue weighted by Crippen LogP contribution is -2.46. The van der Waals surface area contributed by atoms with Crippen molar-refractivity contribution in [3.05, 3.63) is 78.9 Å². The molecule has 0 spiro atoms. The van der Waals surface area contributed by atoms with E-state index in [0.717, 1.165) is 5.56 Å². The van der Waals surface area contributed by atoms with Gasteiger partial charge < -0.3 is 13.7 Å². The first-order valence-electron chi connectivity index (χ1n) is 10.8. The molecule has 1 saturated heterocycles. The standard InChI is InChI=1S/C25H35BO3Si/c1-8-20(19-26-28-24(2,3)25(4,5)29-26)23(21-15-11-9-12-16-21)27-30(6,7)22-17-13-10-14-18-22/h8-18,20,23H,1,19H2,2-7H3/t20-,23-/m0/s1. The lowest BCUT2D eigenvalue weighted by Gasteiger charge is -2.34. The zero-order chi connectivity index (χ0) is 22.0. The second-order valence-electron chi connectivity index (χ2n) is 9.65. The van der Waals surface area contributed by atoms with Crippen molar-refractivity contribution in [3.63, 3.8) is 0 Å². The van der Waals surface area contributed by atoms with E-state index in [0.29, 0.717) is 6.32 Å². The first-order valence-corrected chi connectivity index (χ1v) is 13.7. The van der Waals surface area contributed by atoms with E-state index >= 15 is 0 Å². The summed E-state index contributed by atoms with van der Waals surface area (Å²) in [7, 11) is -2.43. The largest absolute Gasteiger partial charge is 0.458 e. The van der Waals surface area contributed by atoms with Crippen LogP contribution in [0.2, 0.25) is 19.4 Å². The van der Waals surface area contributed by atoms with E-state index < -0.39 is 8.32 Å². The smallest absolute Gasteiger partial charge is 0.405 e. The maximum atomic E-state index is 6.93. The Bertz CT molecular complexity index is 820. The molecule has 0 aromatic heterocycles. The van der Waals surface area contributed by atoms with Gasteiger partial charge in [0.25, 0.3) is 0 Å². The molecule has 30 heavy (non-hydrogen) atoms. The number of hydrogen-bond acceptors (Lipinski definition) is 3. The Morgan fingerprint density at radius 3 is 1.93 bits per heavy atom. The summed E-state index contributed by atoms with van der Waals surface area (Å²) in [6.45, 7) is 17.0. The number of hydrogen-bond donors (Lipinski definition) is 0. The van der Waals surface area contributed by atoms with Crippen LogP contribution in [0.5, 0.6) is 0 Å². The Labute approximate surface area is 183 Å². The van der Waals surface area contributed by atoms with Gasteiger partial charge in [0.15, 0.2) is 0 Å². The van der Waals surface area contributed by atoms with Crippen LogP contribution >= 0.6 is 0 Å². The maximum Gasteiger partial charge on any atom is 0.458 e. The summed E-state index contributed by atoms with van der Waals surface area (Å²) >= 11 is 0. The van der Waals surface area contributed by atoms with Gasteiger partial charge in [-0.15, -0.1) is 6.58 Å². The van der Waals surface area contributed by atoms with Gasteiger partial charge in [0.2, 0.25) is 8.32 Å². The van der Waals surface area contributed by atoms with Gasteiger partial charge in [0, 0.05) is 5.92 Å². The molecular formula is C25H35BO3Si. The second kappa shape index (κ2) is 8.83. The summed E-state index contributed by atoms with van der Waals surface area (Å²) < 4.78 is 19.5. The monoisotopic (exact) mass is 422 g/mol. The van der Waals surface area contributed by atoms with Crippen LogP contribution in [0.25, 0.3) is 0 Å². The van der Waals surface area contributed by atoms with Crippen LogP contribution in [0.1, 0.15) is 39.4 Å². The van der Waals surface area contributed by atoms with Crippen LogP contribution < -0.4 is 5.19 Å². The van der Waals surface area contributed by atoms with E-state index in [1.54, 1.807) is 0 Å². The highest BCUT2D eigenvalue weighted by molar-refractivity contribution is 6.84. The lowest BCUT2D eigenvalue weighted by atomic mass is 9.74. The molecule has 0 saturated carbocycles. The van der Waals surface area contributed by atoms with Gasteiger partial charge in [0.05, 0.1) is 17.3 Å². The molecule has 160 valence electrons. The minimum absolute atomic E-state index is 0.0672. The Hall–Kier alpha value is -1.66. The predicted molar refractivity (Wildman–Crippen MR) is 128 cm³/mol. The third kappa shape index (κ3) is 4.97. The molecular weight excluding hydrogens is 387 g/mol. The molecule has 0 unspecified atom stereocenters. The molecule has 0 N–H and O–H groups in total. The molecule has 1 heterocycles. The lowest BCUT2D eigenvalue weighted by molar-refractivity contribution is 0.00578. The number of rotatable bonds is 8. The molecule has 1 fully saturated rings. The Morgan fingerprint density at radius 1 is 0.933 bits per heavy atom. The maximum absolute atomic E-state index is 6.93. The highest BCUT2D eigenvalue weighted by Crippen LogP contribution is 2.41. The first kappa shape index (κ1) is 23.0. The average Bonchev–Trinajstić information content (AvgIpc) is 2.92. The fourth-order valence-corrected chi connectivity index (χ4v) is 5.97. The highest BCUT2D eigenvalue weighted by Gasteiger charge is 2.51. The second-order valence-corrected chi connectivity index (χ2v) is 13.5. The van der Waals surface area contributed by atoms with Crippen LogP contribution in [0, 0.1) is 5.92 Å². The van der Waals surface area contributed by atoms with Crippen LogP contribution in [0.4, 0.5) is 0 Å². The molecule has 3 nitrogen and oxygen atoms in total. The molecule has 2 atom stereocenters. The Morgan fingerprint density at radius 2 is 1.43 bits per heavy atom. The van der Waals surface area contributed by atoms with Crippen LogP contribution in [-0.4, -0.2) is 26.6 Å². The first-order chi connectivity index (χ1) is 14.1. The van der Waals surface area contributed by atoms with Crippen molar-refractivity contribution in [2.45, 2.75) is 64.4 Å². The molecule has 2 aromatic rings. The fourth-order valence-electron chi connectivity index (χ4n) is 3.90. The molecule has 2 aromatic carbocycles. The predicted octanol–water partition coefficient (Wildman–Crippen LogP) is 5.75. The summed E-state index contributed by atoms with van der Waals surface area (Å²) in [6, 6.07) is 21.0. The van der Waals surface area contributed by atoms with Crippen LogP contribution in [0.15, 0.2) is 73.3 Å². The van der Waals surface area contributed by atoms with Crippen LogP contribution in [0.3, 0.4) is 0 Å². The van der Waals surface area contributed by atoms with Gasteiger partial charge in [-0.3, -0.25) is 0 Å².